The van der Waals surface area contributed by atoms with E-state index in [4.69, 9.17) is 24.9 Å². The molecule has 1 unspecified atom stereocenters. The van der Waals surface area contributed by atoms with E-state index in [9.17, 15) is 9.59 Å². The van der Waals surface area contributed by atoms with Gasteiger partial charge in [-0.2, -0.15) is 0 Å². The summed E-state index contributed by atoms with van der Waals surface area (Å²) in [5.74, 6) is 1.45. The van der Waals surface area contributed by atoms with Crippen LogP contribution < -0.4 is 0 Å². The summed E-state index contributed by atoms with van der Waals surface area (Å²) in [6, 6.07) is 15.9. The van der Waals surface area contributed by atoms with Gasteiger partial charge in [-0.25, -0.2) is 4.79 Å². The number of benzene rings is 2. The Labute approximate surface area is 273 Å². The molecule has 1 aliphatic heterocycles. The fraction of sp³-hybridized carbons (Fsp3) is 0.515. The first-order chi connectivity index (χ1) is 22.8. The van der Waals surface area contributed by atoms with Gasteiger partial charge in [-0.1, -0.05) is 74.7 Å². The highest BCUT2D eigenvalue weighted by Gasteiger charge is 2.49. The SMILES string of the molecule is CCCCC1=NC2(CCCC2)C(=O)N1Cc1ccc(-c2ccccc2-c2nnn(C(C)OC(=O)OCCCCCON(O)O)n2)cc1. The third kappa shape index (κ3) is 8.57. The van der Waals surface area contributed by atoms with Gasteiger partial charge in [0.15, 0.2) is 0 Å². The van der Waals surface area contributed by atoms with E-state index in [1.165, 1.54) is 4.80 Å². The van der Waals surface area contributed by atoms with Gasteiger partial charge in [0.05, 0.1) is 25.1 Å². The summed E-state index contributed by atoms with van der Waals surface area (Å²) < 4.78 is 10.4. The van der Waals surface area contributed by atoms with Crippen molar-refractivity contribution in [3.8, 4) is 22.5 Å². The molecule has 2 heterocycles. The smallest absolute Gasteiger partial charge is 0.434 e. The summed E-state index contributed by atoms with van der Waals surface area (Å²) in [6.45, 7) is 4.54. The van der Waals surface area contributed by atoms with Crippen LogP contribution >= 0.6 is 0 Å². The van der Waals surface area contributed by atoms with Crippen LogP contribution in [0.5, 0.6) is 0 Å². The molecule has 0 saturated heterocycles. The summed E-state index contributed by atoms with van der Waals surface area (Å²) in [4.78, 5) is 38.3. The fourth-order valence-corrected chi connectivity index (χ4v) is 5.99. The minimum atomic E-state index is -0.859. The van der Waals surface area contributed by atoms with Crippen molar-refractivity contribution in [2.45, 2.75) is 96.4 Å². The van der Waals surface area contributed by atoms with Crippen LogP contribution in [-0.4, -0.2) is 77.6 Å². The third-order valence-corrected chi connectivity index (χ3v) is 8.49. The highest BCUT2D eigenvalue weighted by molar-refractivity contribution is 6.08. The maximum absolute atomic E-state index is 13.6. The molecule has 2 N–H and O–H groups in total. The van der Waals surface area contributed by atoms with Gasteiger partial charge in [0.25, 0.3) is 5.91 Å². The summed E-state index contributed by atoms with van der Waals surface area (Å²) in [5.41, 5.74) is 3.13. The second-order valence-corrected chi connectivity index (χ2v) is 11.9. The predicted octanol–water partition coefficient (Wildman–Crippen LogP) is 6.10. The average molecular weight is 650 g/mol. The number of amidine groups is 1. The van der Waals surface area contributed by atoms with Crippen molar-refractivity contribution in [3.63, 3.8) is 0 Å². The van der Waals surface area contributed by atoms with Crippen molar-refractivity contribution in [1.29, 1.82) is 0 Å². The second-order valence-electron chi connectivity index (χ2n) is 11.9. The van der Waals surface area contributed by atoms with Gasteiger partial charge in [0.2, 0.25) is 12.1 Å². The molecule has 1 saturated carbocycles. The molecule has 1 atom stereocenters. The van der Waals surface area contributed by atoms with Crippen LogP contribution in [0.15, 0.2) is 53.5 Å². The van der Waals surface area contributed by atoms with Crippen molar-refractivity contribution in [1.82, 2.24) is 30.5 Å². The van der Waals surface area contributed by atoms with Gasteiger partial charge in [0, 0.05) is 12.0 Å². The van der Waals surface area contributed by atoms with Gasteiger partial charge < -0.3 is 9.47 Å². The molecular formula is C33H43N7O7. The topological polar surface area (TPSA) is 165 Å². The predicted molar refractivity (Wildman–Crippen MR) is 170 cm³/mol. The molecule has 1 aliphatic carbocycles. The molecule has 14 heteroatoms. The van der Waals surface area contributed by atoms with Crippen molar-refractivity contribution >= 4 is 17.9 Å². The number of tetrazole rings is 1. The highest BCUT2D eigenvalue weighted by atomic mass is 17.1. The lowest BCUT2D eigenvalue weighted by molar-refractivity contribution is -0.492. The molecule has 1 amide bonds. The number of rotatable bonds is 16. The Balaban J connectivity index is 1.19. The molecular weight excluding hydrogens is 606 g/mol. The summed E-state index contributed by atoms with van der Waals surface area (Å²) in [5, 5.41) is 29.4. The van der Waals surface area contributed by atoms with Gasteiger partial charge in [-0.15, -0.1) is 15.0 Å². The van der Waals surface area contributed by atoms with Gasteiger partial charge in [0.1, 0.15) is 11.4 Å². The lowest BCUT2D eigenvalue weighted by Crippen LogP contribution is -2.40. The standard InChI is InChI=1S/C33H43N7O7/c1-3-4-14-29-34-33(19-8-9-20-33)31(41)38(29)23-25-15-17-26(18-16-25)27-12-6-7-13-28(27)30-35-37-39(36-30)24(2)47-32(42)45-21-10-5-11-22-46-40(43)44/h6-7,12-13,15-18,24,43-44H,3-5,8-11,14,19-23H2,1-2H3. The Morgan fingerprint density at radius 2 is 1.72 bits per heavy atom. The normalized spacial score (nSPS) is 16.2. The monoisotopic (exact) mass is 649 g/mol. The largest absolute Gasteiger partial charge is 0.510 e. The second kappa shape index (κ2) is 16.0. The quantitative estimate of drug-likeness (QED) is 0.105. The molecule has 1 spiro atoms. The molecule has 1 aromatic heterocycles. The molecule has 1 fully saturated rings. The van der Waals surface area contributed by atoms with Gasteiger partial charge in [-0.05, 0) is 67.4 Å². The Kier molecular flexibility index (Phi) is 11.6. The first-order valence-corrected chi connectivity index (χ1v) is 16.3. The number of aromatic nitrogens is 4. The van der Waals surface area contributed by atoms with Gasteiger partial charge in [-0.3, -0.25) is 29.9 Å². The summed E-state index contributed by atoms with van der Waals surface area (Å²) >= 11 is 0. The van der Waals surface area contributed by atoms with Gasteiger partial charge >= 0.3 is 6.16 Å². The number of unbranched alkanes of at least 4 members (excludes halogenated alkanes) is 3. The molecule has 252 valence electrons. The van der Waals surface area contributed by atoms with Crippen LogP contribution in [0.3, 0.4) is 0 Å². The van der Waals surface area contributed by atoms with E-state index < -0.39 is 17.9 Å². The Morgan fingerprint density at radius 3 is 2.45 bits per heavy atom. The minimum Gasteiger partial charge on any atom is -0.434 e. The number of carbonyl (C=O) groups is 2. The molecule has 2 aliphatic rings. The van der Waals surface area contributed by atoms with Crippen molar-refractivity contribution < 1.29 is 34.3 Å². The van der Waals surface area contributed by atoms with Crippen LogP contribution in [-0.2, 0) is 25.7 Å². The molecule has 5 rings (SSSR count). The van der Waals surface area contributed by atoms with E-state index in [1.54, 1.807) is 6.92 Å². The Morgan fingerprint density at radius 1 is 1.00 bits per heavy atom. The Bertz CT molecular complexity index is 1520. The van der Waals surface area contributed by atoms with Crippen molar-refractivity contribution in [2.24, 2.45) is 4.99 Å². The number of hydrogen-bond acceptors (Lipinski definition) is 12. The Hall–Kier alpha value is -4.24. The summed E-state index contributed by atoms with van der Waals surface area (Å²) in [6.07, 6.45) is 6.73. The first-order valence-electron chi connectivity index (χ1n) is 16.3. The number of aliphatic imine (C=N–C) groups is 1. The number of hydrogen-bond donors (Lipinski definition) is 2. The van der Waals surface area contributed by atoms with Crippen molar-refractivity contribution in [3.05, 3.63) is 54.1 Å². The molecule has 0 radical (unpaired) electrons. The maximum Gasteiger partial charge on any atom is 0.510 e. The maximum atomic E-state index is 13.6. The van der Waals surface area contributed by atoms with Crippen LogP contribution in [0.1, 0.15) is 89.8 Å². The van der Waals surface area contributed by atoms with Crippen LogP contribution in [0.4, 0.5) is 4.79 Å². The molecule has 0 bridgehead atoms. The van der Waals surface area contributed by atoms with E-state index >= 15 is 0 Å². The molecule has 47 heavy (non-hydrogen) atoms. The molecule has 14 nitrogen and oxygen atoms in total. The lowest BCUT2D eigenvalue weighted by Gasteiger charge is -2.23. The lowest BCUT2D eigenvalue weighted by atomic mass is 9.97. The zero-order valence-electron chi connectivity index (χ0n) is 27.0. The molecule has 2 aromatic carbocycles. The van der Waals surface area contributed by atoms with E-state index in [0.717, 1.165) is 73.0 Å². The minimum absolute atomic E-state index is 0.125. The highest BCUT2D eigenvalue weighted by Crippen LogP contribution is 2.40. The third-order valence-electron chi connectivity index (χ3n) is 8.49. The zero-order valence-corrected chi connectivity index (χ0v) is 27.0. The van der Waals surface area contributed by atoms with E-state index in [0.29, 0.717) is 31.6 Å². The number of amides is 1. The van der Waals surface area contributed by atoms with Crippen LogP contribution in [0.25, 0.3) is 22.5 Å². The fourth-order valence-electron chi connectivity index (χ4n) is 5.99. The molecule has 3 aromatic rings. The number of nitrogens with zero attached hydrogens (tertiary/aromatic N) is 7. The number of carbonyl (C=O) groups excluding carboxylic acids is 2. The average Bonchev–Trinajstić information content (AvgIpc) is 3.81. The van der Waals surface area contributed by atoms with E-state index in [-0.39, 0.29) is 24.5 Å². The van der Waals surface area contributed by atoms with Crippen molar-refractivity contribution in [2.75, 3.05) is 13.2 Å². The zero-order chi connectivity index (χ0) is 33.2. The summed E-state index contributed by atoms with van der Waals surface area (Å²) in [7, 11) is 0. The van der Waals surface area contributed by atoms with E-state index in [1.807, 2.05) is 53.4 Å². The van der Waals surface area contributed by atoms with Crippen LogP contribution in [0.2, 0.25) is 0 Å². The first kappa shape index (κ1) is 34.1. The van der Waals surface area contributed by atoms with Crippen LogP contribution in [0, 0.1) is 0 Å². The van der Waals surface area contributed by atoms with E-state index in [2.05, 4.69) is 27.2 Å². The number of ether oxygens (including phenoxy) is 2.